The minimum Gasteiger partial charge on any atom is -0.423 e. The molecular formula is C27H27FN6O5. The van der Waals surface area contributed by atoms with E-state index < -0.39 is 24.2 Å². The Kier molecular flexibility index (Phi) is 7.26. The number of likely N-dealkylation sites (N-methyl/N-ethyl adjacent to an activating group) is 1. The third kappa shape index (κ3) is 5.59. The molecule has 2 aliphatic rings. The average molecular weight is 535 g/mol. The van der Waals surface area contributed by atoms with Gasteiger partial charge in [0.05, 0.1) is 12.2 Å². The van der Waals surface area contributed by atoms with Crippen LogP contribution >= 0.6 is 0 Å². The van der Waals surface area contributed by atoms with E-state index in [1.54, 1.807) is 53.7 Å². The van der Waals surface area contributed by atoms with Crippen molar-refractivity contribution in [2.24, 2.45) is 0 Å². The zero-order valence-corrected chi connectivity index (χ0v) is 21.5. The molecule has 2 fully saturated rings. The summed E-state index contributed by atoms with van der Waals surface area (Å²) in [5.74, 6) is 0.180. The molecule has 0 spiro atoms. The van der Waals surface area contributed by atoms with Gasteiger partial charge < -0.3 is 24.2 Å². The van der Waals surface area contributed by atoms with Crippen molar-refractivity contribution in [3.05, 3.63) is 66.7 Å². The Labute approximate surface area is 224 Å². The maximum Gasteiger partial charge on any atom is 0.416 e. The SMILES string of the molecule is CC(=O)N(C)[C@@H]1CN(c2ccc(-c3cnc(N4CCN(C(=O)Oc5ccccc5)CC4)nc3)c(F)c2)C(=O)O1. The molecule has 3 heterocycles. The van der Waals surface area contributed by atoms with Crippen molar-refractivity contribution >= 4 is 29.7 Å². The molecule has 2 saturated heterocycles. The van der Waals surface area contributed by atoms with Crippen molar-refractivity contribution in [2.75, 3.05) is 49.6 Å². The molecule has 0 saturated carbocycles. The smallest absolute Gasteiger partial charge is 0.416 e. The maximum absolute atomic E-state index is 15.1. The van der Waals surface area contributed by atoms with Crippen molar-refractivity contribution in [2.45, 2.75) is 13.2 Å². The van der Waals surface area contributed by atoms with E-state index in [1.165, 1.54) is 29.8 Å². The highest BCUT2D eigenvalue weighted by Gasteiger charge is 2.36. The van der Waals surface area contributed by atoms with Gasteiger partial charge in [-0.05, 0) is 30.3 Å². The van der Waals surface area contributed by atoms with E-state index in [0.717, 1.165) is 0 Å². The lowest BCUT2D eigenvalue weighted by molar-refractivity contribution is -0.134. The summed E-state index contributed by atoms with van der Waals surface area (Å²) in [7, 11) is 1.54. The van der Waals surface area contributed by atoms with Crippen molar-refractivity contribution in [1.29, 1.82) is 0 Å². The predicted molar refractivity (Wildman–Crippen MR) is 140 cm³/mol. The number of para-hydroxylation sites is 1. The second-order valence-corrected chi connectivity index (χ2v) is 9.17. The van der Waals surface area contributed by atoms with Crippen molar-refractivity contribution in [3.63, 3.8) is 0 Å². The Morgan fingerprint density at radius 2 is 1.74 bits per heavy atom. The summed E-state index contributed by atoms with van der Waals surface area (Å²) in [4.78, 5) is 51.3. The Morgan fingerprint density at radius 3 is 2.38 bits per heavy atom. The number of hydrogen-bond acceptors (Lipinski definition) is 8. The van der Waals surface area contributed by atoms with Gasteiger partial charge in [0.2, 0.25) is 11.9 Å². The van der Waals surface area contributed by atoms with Crippen LogP contribution in [0.2, 0.25) is 0 Å². The summed E-state index contributed by atoms with van der Waals surface area (Å²) in [5, 5.41) is 0. The van der Waals surface area contributed by atoms with E-state index in [4.69, 9.17) is 9.47 Å². The highest BCUT2D eigenvalue weighted by Crippen LogP contribution is 2.29. The van der Waals surface area contributed by atoms with Gasteiger partial charge in [0.1, 0.15) is 11.6 Å². The van der Waals surface area contributed by atoms with Crippen LogP contribution in [-0.4, -0.2) is 83.9 Å². The fourth-order valence-electron chi connectivity index (χ4n) is 4.34. The van der Waals surface area contributed by atoms with E-state index in [9.17, 15) is 14.4 Å². The molecule has 202 valence electrons. The maximum atomic E-state index is 15.1. The first-order chi connectivity index (χ1) is 18.8. The number of carbonyl (C=O) groups excluding carboxylic acids is 3. The molecule has 3 amide bonds. The fraction of sp³-hybridized carbons (Fsp3) is 0.296. The normalized spacial score (nSPS) is 17.2. The number of aromatic nitrogens is 2. The lowest BCUT2D eigenvalue weighted by atomic mass is 10.1. The second kappa shape index (κ2) is 10.9. The molecule has 0 unspecified atom stereocenters. The molecule has 2 aliphatic heterocycles. The number of nitrogens with zero attached hydrogens (tertiary/aromatic N) is 6. The Bertz CT molecular complexity index is 1360. The number of ether oxygens (including phenoxy) is 2. The largest absolute Gasteiger partial charge is 0.423 e. The number of rotatable bonds is 5. The first-order valence-electron chi connectivity index (χ1n) is 12.4. The number of benzene rings is 2. The predicted octanol–water partition coefficient (Wildman–Crippen LogP) is 3.36. The number of carbonyl (C=O) groups is 3. The second-order valence-electron chi connectivity index (χ2n) is 9.17. The van der Waals surface area contributed by atoms with Gasteiger partial charge in [0.15, 0.2) is 6.23 Å². The summed E-state index contributed by atoms with van der Waals surface area (Å²) in [6.07, 6.45) is 1.28. The van der Waals surface area contributed by atoms with Crippen LogP contribution in [0.15, 0.2) is 60.9 Å². The topological polar surface area (TPSA) is 108 Å². The first kappa shape index (κ1) is 25.9. The molecule has 0 aliphatic carbocycles. The third-order valence-corrected chi connectivity index (χ3v) is 6.71. The summed E-state index contributed by atoms with van der Waals surface area (Å²) in [6, 6.07) is 13.3. The zero-order chi connectivity index (χ0) is 27.5. The van der Waals surface area contributed by atoms with Crippen LogP contribution in [0, 0.1) is 5.82 Å². The van der Waals surface area contributed by atoms with Gasteiger partial charge in [-0.15, -0.1) is 0 Å². The molecular weight excluding hydrogens is 507 g/mol. The van der Waals surface area contributed by atoms with Gasteiger partial charge in [-0.25, -0.2) is 23.9 Å². The highest BCUT2D eigenvalue weighted by molar-refractivity contribution is 5.90. The number of piperazine rings is 1. The Balaban J connectivity index is 1.20. The minimum absolute atomic E-state index is 0.0999. The summed E-state index contributed by atoms with van der Waals surface area (Å²) < 4.78 is 25.7. The molecule has 0 bridgehead atoms. The van der Waals surface area contributed by atoms with Crippen LogP contribution in [0.5, 0.6) is 5.75 Å². The number of amides is 3. The quantitative estimate of drug-likeness (QED) is 0.490. The molecule has 3 aromatic rings. The van der Waals surface area contributed by atoms with Crippen LogP contribution in [-0.2, 0) is 9.53 Å². The molecule has 39 heavy (non-hydrogen) atoms. The summed E-state index contributed by atoms with van der Waals surface area (Å²) in [5.41, 5.74) is 1.08. The van der Waals surface area contributed by atoms with Crippen molar-refractivity contribution < 1.29 is 28.2 Å². The number of cyclic esters (lactones) is 1. The van der Waals surface area contributed by atoms with Crippen LogP contribution in [0.4, 0.5) is 25.6 Å². The lowest BCUT2D eigenvalue weighted by Crippen LogP contribution is -2.50. The van der Waals surface area contributed by atoms with Crippen molar-refractivity contribution in [3.8, 4) is 16.9 Å². The average Bonchev–Trinajstić information content (AvgIpc) is 3.34. The van der Waals surface area contributed by atoms with E-state index in [1.807, 2.05) is 11.0 Å². The monoisotopic (exact) mass is 534 g/mol. The van der Waals surface area contributed by atoms with Crippen LogP contribution in [0.1, 0.15) is 6.92 Å². The molecule has 12 heteroatoms. The van der Waals surface area contributed by atoms with Gasteiger partial charge in [-0.1, -0.05) is 18.2 Å². The zero-order valence-electron chi connectivity index (χ0n) is 21.5. The van der Waals surface area contributed by atoms with Gasteiger partial charge >= 0.3 is 12.2 Å². The Hall–Kier alpha value is -4.74. The van der Waals surface area contributed by atoms with Gasteiger partial charge in [0, 0.05) is 63.7 Å². The van der Waals surface area contributed by atoms with Crippen LogP contribution < -0.4 is 14.5 Å². The summed E-state index contributed by atoms with van der Waals surface area (Å²) in [6.45, 7) is 3.43. The van der Waals surface area contributed by atoms with Gasteiger partial charge in [-0.2, -0.15) is 0 Å². The molecule has 0 radical (unpaired) electrons. The number of hydrogen-bond donors (Lipinski definition) is 0. The van der Waals surface area contributed by atoms with Gasteiger partial charge in [-0.3, -0.25) is 9.69 Å². The lowest BCUT2D eigenvalue weighted by Gasteiger charge is -2.34. The first-order valence-corrected chi connectivity index (χ1v) is 12.4. The van der Waals surface area contributed by atoms with E-state index in [2.05, 4.69) is 9.97 Å². The van der Waals surface area contributed by atoms with E-state index in [-0.39, 0.29) is 18.0 Å². The number of halogens is 1. The van der Waals surface area contributed by atoms with Crippen LogP contribution in [0.3, 0.4) is 0 Å². The van der Waals surface area contributed by atoms with E-state index in [0.29, 0.717) is 49.1 Å². The molecule has 2 aromatic carbocycles. The molecule has 0 N–H and O–H groups in total. The number of anilines is 2. The molecule has 5 rings (SSSR count). The Morgan fingerprint density at radius 1 is 1.05 bits per heavy atom. The molecule has 11 nitrogen and oxygen atoms in total. The minimum atomic E-state index is -0.741. The van der Waals surface area contributed by atoms with Gasteiger partial charge in [0.25, 0.3) is 0 Å². The summed E-state index contributed by atoms with van der Waals surface area (Å²) >= 11 is 0. The molecule has 1 atom stereocenters. The standard InChI is InChI=1S/C27H27FN6O5/c1-18(35)31(2)24-17-34(27(37)39-24)20-8-9-22(23(28)14-20)19-15-29-25(30-16-19)32-10-12-33(13-11-32)26(36)38-21-6-4-3-5-7-21/h3-9,14-16,24H,10-13,17H2,1-2H3/t24-/m0/s1. The highest BCUT2D eigenvalue weighted by atomic mass is 19.1. The van der Waals surface area contributed by atoms with Crippen LogP contribution in [0.25, 0.3) is 11.1 Å². The fourth-order valence-corrected chi connectivity index (χ4v) is 4.34. The molecule has 1 aromatic heterocycles. The third-order valence-electron chi connectivity index (χ3n) is 6.71. The van der Waals surface area contributed by atoms with Crippen molar-refractivity contribution in [1.82, 2.24) is 19.8 Å². The van der Waals surface area contributed by atoms with E-state index >= 15 is 4.39 Å².